The molecule has 0 aliphatic rings. The van der Waals surface area contributed by atoms with Crippen molar-refractivity contribution in [3.63, 3.8) is 0 Å². The van der Waals surface area contributed by atoms with Gasteiger partial charge in [-0.25, -0.2) is 4.79 Å². The Morgan fingerprint density at radius 3 is 2.40 bits per heavy atom. The fourth-order valence-corrected chi connectivity index (χ4v) is 1.01. The number of carboxylic acids is 1. The van der Waals surface area contributed by atoms with E-state index < -0.39 is 5.97 Å². The molecule has 0 aliphatic carbocycles. The van der Waals surface area contributed by atoms with Crippen LogP contribution in [0.25, 0.3) is 0 Å². The Kier molecular flexibility index (Phi) is 2.93. The lowest BCUT2D eigenvalue weighted by molar-refractivity contribution is 0.0688. The molecule has 1 aromatic heterocycles. The van der Waals surface area contributed by atoms with Crippen molar-refractivity contribution in [1.29, 1.82) is 0 Å². The molecule has 1 aromatic rings. The first-order valence-corrected chi connectivity index (χ1v) is 4.51. The van der Waals surface area contributed by atoms with Crippen LogP contribution in [-0.2, 0) is 5.41 Å². The van der Waals surface area contributed by atoms with Crippen LogP contribution in [0.15, 0.2) is 6.07 Å². The van der Waals surface area contributed by atoms with Crippen molar-refractivity contribution in [2.75, 3.05) is 7.11 Å². The van der Waals surface area contributed by atoms with Crippen LogP contribution in [0.4, 0.5) is 0 Å². The van der Waals surface area contributed by atoms with Gasteiger partial charge in [0, 0.05) is 5.41 Å². The van der Waals surface area contributed by atoms with Gasteiger partial charge in [0.25, 0.3) is 0 Å². The monoisotopic (exact) mass is 210 g/mol. The molecule has 0 fully saturated rings. The number of ether oxygens (including phenoxy) is 1. The summed E-state index contributed by atoms with van der Waals surface area (Å²) in [5.41, 5.74) is 0.360. The summed E-state index contributed by atoms with van der Waals surface area (Å²) in [5, 5.41) is 8.85. The van der Waals surface area contributed by atoms with Crippen LogP contribution in [0.1, 0.15) is 37.0 Å². The van der Waals surface area contributed by atoms with Crippen LogP contribution in [-0.4, -0.2) is 28.2 Å². The molecule has 0 spiro atoms. The molecule has 82 valence electrons. The number of hydrogen-bond acceptors (Lipinski definition) is 4. The molecule has 5 heteroatoms. The van der Waals surface area contributed by atoms with Gasteiger partial charge in [0.15, 0.2) is 5.69 Å². The normalized spacial score (nSPS) is 11.2. The molecule has 0 saturated carbocycles. The minimum absolute atomic E-state index is 0.0493. The van der Waals surface area contributed by atoms with Gasteiger partial charge in [-0.1, -0.05) is 20.8 Å². The maximum atomic E-state index is 10.8. The minimum atomic E-state index is -1.08. The minimum Gasteiger partial charge on any atom is -0.477 e. The average Bonchev–Trinajstić information content (AvgIpc) is 2.15. The fourth-order valence-electron chi connectivity index (χ4n) is 1.01. The second-order valence-corrected chi connectivity index (χ2v) is 4.18. The van der Waals surface area contributed by atoms with E-state index in [0.717, 1.165) is 0 Å². The van der Waals surface area contributed by atoms with Crippen molar-refractivity contribution in [3.8, 4) is 6.01 Å². The SMILES string of the molecule is COc1nc(C(=O)O)cc(C(C)(C)C)n1. The van der Waals surface area contributed by atoms with E-state index in [1.54, 1.807) is 0 Å². The number of carbonyl (C=O) groups is 1. The Labute approximate surface area is 88.1 Å². The van der Waals surface area contributed by atoms with Crippen molar-refractivity contribution >= 4 is 5.97 Å². The zero-order chi connectivity index (χ0) is 11.6. The largest absolute Gasteiger partial charge is 0.477 e. The molecule has 0 saturated heterocycles. The first-order chi connectivity index (χ1) is 6.84. The third kappa shape index (κ3) is 2.65. The summed E-state index contributed by atoms with van der Waals surface area (Å²) >= 11 is 0. The van der Waals surface area contributed by atoms with E-state index in [4.69, 9.17) is 9.84 Å². The third-order valence-corrected chi connectivity index (χ3v) is 1.88. The second-order valence-electron chi connectivity index (χ2n) is 4.18. The highest BCUT2D eigenvalue weighted by Gasteiger charge is 2.20. The van der Waals surface area contributed by atoms with Gasteiger partial charge < -0.3 is 9.84 Å². The maximum Gasteiger partial charge on any atom is 0.354 e. The van der Waals surface area contributed by atoms with E-state index in [9.17, 15) is 4.79 Å². The second kappa shape index (κ2) is 3.84. The number of rotatable bonds is 2. The van der Waals surface area contributed by atoms with Crippen LogP contribution in [0.2, 0.25) is 0 Å². The van der Waals surface area contributed by atoms with Gasteiger partial charge >= 0.3 is 12.0 Å². The molecule has 0 atom stereocenters. The number of aromatic nitrogens is 2. The van der Waals surface area contributed by atoms with Crippen LogP contribution in [0, 0.1) is 0 Å². The van der Waals surface area contributed by atoms with Crippen molar-refractivity contribution in [2.24, 2.45) is 0 Å². The van der Waals surface area contributed by atoms with Gasteiger partial charge in [-0.15, -0.1) is 0 Å². The van der Waals surface area contributed by atoms with Crippen molar-refractivity contribution in [3.05, 3.63) is 17.5 Å². The number of methoxy groups -OCH3 is 1. The van der Waals surface area contributed by atoms with E-state index in [-0.39, 0.29) is 17.1 Å². The van der Waals surface area contributed by atoms with Gasteiger partial charge in [-0.05, 0) is 6.07 Å². The number of hydrogen-bond donors (Lipinski definition) is 1. The molecule has 15 heavy (non-hydrogen) atoms. The van der Waals surface area contributed by atoms with Crippen LogP contribution in [0.3, 0.4) is 0 Å². The molecule has 0 aromatic carbocycles. The Morgan fingerprint density at radius 1 is 1.40 bits per heavy atom. The summed E-state index contributed by atoms with van der Waals surface area (Å²) in [6.45, 7) is 5.83. The molecule has 0 bridgehead atoms. The molecular formula is C10H14N2O3. The molecule has 0 unspecified atom stereocenters. The molecule has 1 N–H and O–H groups in total. The lowest BCUT2D eigenvalue weighted by Crippen LogP contribution is -2.16. The predicted molar refractivity (Wildman–Crippen MR) is 54.2 cm³/mol. The predicted octanol–water partition coefficient (Wildman–Crippen LogP) is 1.48. The summed E-state index contributed by atoms with van der Waals surface area (Å²) < 4.78 is 4.86. The topological polar surface area (TPSA) is 72.3 Å². The lowest BCUT2D eigenvalue weighted by Gasteiger charge is -2.18. The molecule has 0 radical (unpaired) electrons. The van der Waals surface area contributed by atoms with Crippen LogP contribution >= 0.6 is 0 Å². The molecule has 0 aliphatic heterocycles. The quantitative estimate of drug-likeness (QED) is 0.800. The summed E-state index contributed by atoms with van der Waals surface area (Å²) in [7, 11) is 1.41. The average molecular weight is 210 g/mol. The lowest BCUT2D eigenvalue weighted by atomic mass is 9.91. The zero-order valence-electron chi connectivity index (χ0n) is 9.24. The zero-order valence-corrected chi connectivity index (χ0v) is 9.24. The van der Waals surface area contributed by atoms with Crippen molar-refractivity contribution in [2.45, 2.75) is 26.2 Å². The first kappa shape index (κ1) is 11.4. The van der Waals surface area contributed by atoms with Gasteiger partial charge in [0.1, 0.15) is 0 Å². The van der Waals surface area contributed by atoms with Gasteiger partial charge in [0.2, 0.25) is 0 Å². The highest BCUT2D eigenvalue weighted by Crippen LogP contribution is 2.22. The molecule has 1 rings (SSSR count). The third-order valence-electron chi connectivity index (χ3n) is 1.88. The molecular weight excluding hydrogens is 196 g/mol. The van der Waals surface area contributed by atoms with Gasteiger partial charge in [-0.3, -0.25) is 0 Å². The van der Waals surface area contributed by atoms with Crippen molar-refractivity contribution in [1.82, 2.24) is 9.97 Å². The highest BCUT2D eigenvalue weighted by atomic mass is 16.5. The van der Waals surface area contributed by atoms with Gasteiger partial charge in [0.05, 0.1) is 12.8 Å². The smallest absolute Gasteiger partial charge is 0.354 e. The van der Waals surface area contributed by atoms with E-state index in [1.165, 1.54) is 13.2 Å². The number of aromatic carboxylic acids is 1. The number of carboxylic acid groups (broad SMARTS) is 1. The fraction of sp³-hybridized carbons (Fsp3) is 0.500. The van der Waals surface area contributed by atoms with E-state index in [2.05, 4.69) is 9.97 Å². The molecule has 5 nitrogen and oxygen atoms in total. The maximum absolute atomic E-state index is 10.8. The van der Waals surface area contributed by atoms with Crippen LogP contribution in [0.5, 0.6) is 6.01 Å². The summed E-state index contributed by atoms with van der Waals surface area (Å²) in [6.07, 6.45) is 0. The first-order valence-electron chi connectivity index (χ1n) is 4.51. The van der Waals surface area contributed by atoms with E-state index >= 15 is 0 Å². The Bertz CT molecular complexity index is 383. The number of nitrogens with zero attached hydrogens (tertiary/aromatic N) is 2. The Hall–Kier alpha value is -1.65. The van der Waals surface area contributed by atoms with Crippen molar-refractivity contribution < 1.29 is 14.6 Å². The summed E-state index contributed by atoms with van der Waals surface area (Å²) in [6, 6.07) is 1.55. The van der Waals surface area contributed by atoms with Gasteiger partial charge in [-0.2, -0.15) is 9.97 Å². The summed E-state index contributed by atoms with van der Waals surface area (Å²) in [5.74, 6) is -1.08. The summed E-state index contributed by atoms with van der Waals surface area (Å²) in [4.78, 5) is 18.6. The van der Waals surface area contributed by atoms with E-state index in [0.29, 0.717) is 5.69 Å². The molecule has 0 amide bonds. The highest BCUT2D eigenvalue weighted by molar-refractivity contribution is 5.85. The molecule has 1 heterocycles. The standard InChI is InChI=1S/C10H14N2O3/c1-10(2,3)7-5-6(8(13)14)11-9(12-7)15-4/h5H,1-4H3,(H,13,14). The Morgan fingerprint density at radius 2 is 2.00 bits per heavy atom. The Balaban J connectivity index is 3.30. The van der Waals surface area contributed by atoms with Crippen LogP contribution < -0.4 is 4.74 Å². The van der Waals surface area contributed by atoms with E-state index in [1.807, 2.05) is 20.8 Å².